The summed E-state index contributed by atoms with van der Waals surface area (Å²) in [7, 11) is 0. The van der Waals surface area contributed by atoms with Crippen LogP contribution in [0.5, 0.6) is 0 Å². The number of hydrogen-bond donors (Lipinski definition) is 0. The number of hydrogen-bond acceptors (Lipinski definition) is 1. The van der Waals surface area contributed by atoms with Crippen molar-refractivity contribution in [1.29, 1.82) is 0 Å². The Morgan fingerprint density at radius 2 is 2.36 bits per heavy atom. The van der Waals surface area contributed by atoms with Crippen LogP contribution in [0, 0.1) is 5.92 Å². The van der Waals surface area contributed by atoms with Crippen molar-refractivity contribution in [3.8, 4) is 0 Å². The molecule has 0 radical (unpaired) electrons. The van der Waals surface area contributed by atoms with E-state index in [1.54, 1.807) is 0 Å². The van der Waals surface area contributed by atoms with Gasteiger partial charge in [-0.3, -0.25) is 4.79 Å². The van der Waals surface area contributed by atoms with Crippen molar-refractivity contribution >= 4 is 5.91 Å². The fourth-order valence-electron chi connectivity index (χ4n) is 1.53. The van der Waals surface area contributed by atoms with Gasteiger partial charge in [0, 0.05) is 19.5 Å². The second-order valence-electron chi connectivity index (χ2n) is 3.50. The molecule has 0 aliphatic carbocycles. The van der Waals surface area contributed by atoms with Crippen LogP contribution >= 0.6 is 0 Å². The fourth-order valence-corrected chi connectivity index (χ4v) is 1.53. The Bertz CT molecular complexity index is 144. The largest absolute Gasteiger partial charge is 0.342 e. The molecule has 0 saturated carbocycles. The van der Waals surface area contributed by atoms with E-state index in [9.17, 15) is 4.79 Å². The third-order valence-corrected chi connectivity index (χ3v) is 2.19. The van der Waals surface area contributed by atoms with Gasteiger partial charge < -0.3 is 4.90 Å². The summed E-state index contributed by atoms with van der Waals surface area (Å²) in [6.45, 7) is 6.26. The quantitative estimate of drug-likeness (QED) is 0.607. The fraction of sp³-hybridized carbons (Fsp3) is 0.889. The predicted molar refractivity (Wildman–Crippen MR) is 45.3 cm³/mol. The predicted octanol–water partition coefficient (Wildman–Crippen LogP) is 1.65. The van der Waals surface area contributed by atoms with E-state index >= 15 is 0 Å². The molecule has 0 spiro atoms. The number of rotatable bonds is 3. The van der Waals surface area contributed by atoms with Gasteiger partial charge in [-0.25, -0.2) is 0 Å². The van der Waals surface area contributed by atoms with Crippen molar-refractivity contribution in [1.82, 2.24) is 4.90 Å². The average Bonchev–Trinajstić information content (AvgIpc) is 2.26. The monoisotopic (exact) mass is 155 g/mol. The van der Waals surface area contributed by atoms with E-state index in [2.05, 4.69) is 13.8 Å². The summed E-state index contributed by atoms with van der Waals surface area (Å²) in [5, 5.41) is 0. The summed E-state index contributed by atoms with van der Waals surface area (Å²) in [6, 6.07) is 0. The first-order chi connectivity index (χ1) is 5.24. The highest BCUT2D eigenvalue weighted by Crippen LogP contribution is 2.16. The molecular formula is C9H17NO. The van der Waals surface area contributed by atoms with Gasteiger partial charge in [0.1, 0.15) is 0 Å². The zero-order valence-corrected chi connectivity index (χ0v) is 7.47. The summed E-state index contributed by atoms with van der Waals surface area (Å²) >= 11 is 0. The number of likely N-dealkylation sites (tertiary alicyclic amines) is 1. The van der Waals surface area contributed by atoms with Crippen molar-refractivity contribution in [2.75, 3.05) is 13.1 Å². The van der Waals surface area contributed by atoms with Crippen LogP contribution in [0.25, 0.3) is 0 Å². The molecule has 1 aliphatic heterocycles. The molecule has 1 heterocycles. The molecule has 0 aromatic carbocycles. The van der Waals surface area contributed by atoms with Crippen LogP contribution in [-0.4, -0.2) is 23.9 Å². The minimum Gasteiger partial charge on any atom is -0.342 e. The lowest BCUT2D eigenvalue weighted by Crippen LogP contribution is -2.25. The number of unbranched alkanes of at least 4 members (excludes halogenated alkanes) is 1. The average molecular weight is 155 g/mol. The van der Waals surface area contributed by atoms with Gasteiger partial charge in [0.15, 0.2) is 0 Å². The van der Waals surface area contributed by atoms with Gasteiger partial charge in [-0.2, -0.15) is 0 Å². The number of nitrogens with zero attached hydrogens (tertiary/aromatic N) is 1. The zero-order chi connectivity index (χ0) is 8.27. The molecule has 2 nitrogen and oxygen atoms in total. The van der Waals surface area contributed by atoms with Crippen LogP contribution in [0.1, 0.15) is 33.1 Å². The van der Waals surface area contributed by atoms with Crippen LogP contribution in [0.3, 0.4) is 0 Å². The molecule has 11 heavy (non-hydrogen) atoms. The lowest BCUT2D eigenvalue weighted by molar-refractivity contribution is -0.127. The SMILES string of the molecule is CCCCN1CC(C)CC1=O. The van der Waals surface area contributed by atoms with Crippen molar-refractivity contribution in [2.24, 2.45) is 5.92 Å². The van der Waals surface area contributed by atoms with Gasteiger partial charge in [-0.15, -0.1) is 0 Å². The molecule has 1 rings (SSSR count). The van der Waals surface area contributed by atoms with Gasteiger partial charge >= 0.3 is 0 Å². The van der Waals surface area contributed by atoms with Gasteiger partial charge in [0.2, 0.25) is 5.91 Å². The highest BCUT2D eigenvalue weighted by atomic mass is 16.2. The van der Waals surface area contributed by atoms with E-state index in [4.69, 9.17) is 0 Å². The first-order valence-electron chi connectivity index (χ1n) is 4.51. The maximum Gasteiger partial charge on any atom is 0.222 e. The Morgan fingerprint density at radius 3 is 2.82 bits per heavy atom. The molecule has 1 amide bonds. The molecule has 0 aromatic rings. The van der Waals surface area contributed by atoms with Crippen LogP contribution in [-0.2, 0) is 4.79 Å². The molecule has 0 bridgehead atoms. The third kappa shape index (κ3) is 2.21. The number of carbonyl (C=O) groups is 1. The molecule has 1 unspecified atom stereocenters. The highest BCUT2D eigenvalue weighted by Gasteiger charge is 2.25. The van der Waals surface area contributed by atoms with Crippen LogP contribution in [0.2, 0.25) is 0 Å². The van der Waals surface area contributed by atoms with Crippen molar-refractivity contribution in [2.45, 2.75) is 33.1 Å². The Balaban J connectivity index is 2.29. The van der Waals surface area contributed by atoms with E-state index in [-0.39, 0.29) is 0 Å². The van der Waals surface area contributed by atoms with Crippen LogP contribution in [0.4, 0.5) is 0 Å². The standard InChI is InChI=1S/C9H17NO/c1-3-4-5-10-7-8(2)6-9(10)11/h8H,3-7H2,1-2H3. The van der Waals surface area contributed by atoms with Crippen molar-refractivity contribution in [3.05, 3.63) is 0 Å². The normalized spacial score (nSPS) is 24.7. The molecule has 0 aromatic heterocycles. The first-order valence-corrected chi connectivity index (χ1v) is 4.51. The summed E-state index contributed by atoms with van der Waals surface area (Å²) in [5.41, 5.74) is 0. The summed E-state index contributed by atoms with van der Waals surface area (Å²) in [5.74, 6) is 0.935. The highest BCUT2D eigenvalue weighted by molar-refractivity contribution is 5.78. The number of amides is 1. The molecule has 1 atom stereocenters. The second kappa shape index (κ2) is 3.74. The topological polar surface area (TPSA) is 20.3 Å². The van der Waals surface area contributed by atoms with E-state index in [0.29, 0.717) is 11.8 Å². The Labute approximate surface area is 68.6 Å². The Hall–Kier alpha value is -0.530. The van der Waals surface area contributed by atoms with Gasteiger partial charge in [0.25, 0.3) is 0 Å². The zero-order valence-electron chi connectivity index (χ0n) is 7.47. The van der Waals surface area contributed by atoms with E-state index in [1.165, 1.54) is 6.42 Å². The molecule has 2 heteroatoms. The number of carbonyl (C=O) groups excluding carboxylic acids is 1. The third-order valence-electron chi connectivity index (χ3n) is 2.19. The van der Waals surface area contributed by atoms with Crippen LogP contribution < -0.4 is 0 Å². The van der Waals surface area contributed by atoms with E-state index < -0.39 is 0 Å². The van der Waals surface area contributed by atoms with Crippen LogP contribution in [0.15, 0.2) is 0 Å². The van der Waals surface area contributed by atoms with Gasteiger partial charge in [-0.05, 0) is 12.3 Å². The Kier molecular flexibility index (Phi) is 2.92. The van der Waals surface area contributed by atoms with Crippen molar-refractivity contribution < 1.29 is 4.79 Å². The van der Waals surface area contributed by atoms with E-state index in [0.717, 1.165) is 25.9 Å². The maximum absolute atomic E-state index is 11.2. The minimum atomic E-state index is 0.353. The van der Waals surface area contributed by atoms with Gasteiger partial charge in [0.05, 0.1) is 0 Å². The van der Waals surface area contributed by atoms with Crippen molar-refractivity contribution in [3.63, 3.8) is 0 Å². The first kappa shape index (κ1) is 8.57. The summed E-state index contributed by atoms with van der Waals surface area (Å²) in [6.07, 6.45) is 3.10. The molecule has 64 valence electrons. The molecule has 1 aliphatic rings. The minimum absolute atomic E-state index is 0.353. The lowest BCUT2D eigenvalue weighted by Gasteiger charge is -2.14. The molecule has 1 saturated heterocycles. The molecule has 1 fully saturated rings. The van der Waals surface area contributed by atoms with Gasteiger partial charge in [-0.1, -0.05) is 20.3 Å². The Morgan fingerprint density at radius 1 is 1.64 bits per heavy atom. The summed E-state index contributed by atoms with van der Waals surface area (Å²) in [4.78, 5) is 13.2. The molecular weight excluding hydrogens is 138 g/mol. The lowest BCUT2D eigenvalue weighted by atomic mass is 10.2. The maximum atomic E-state index is 11.2. The summed E-state index contributed by atoms with van der Waals surface area (Å²) < 4.78 is 0. The van der Waals surface area contributed by atoms with E-state index in [1.807, 2.05) is 4.90 Å². The molecule has 0 N–H and O–H groups in total. The second-order valence-corrected chi connectivity index (χ2v) is 3.50. The smallest absolute Gasteiger partial charge is 0.222 e.